The fraction of sp³-hybridized carbons (Fsp3) is 0.0714. The second-order valence-electron chi connectivity index (χ2n) is 4.15. The van der Waals surface area contributed by atoms with Gasteiger partial charge in [-0.1, -0.05) is 18.2 Å². The number of alkyl halides is 3. The maximum Gasteiger partial charge on any atom is 0.417 e. The Morgan fingerprint density at radius 1 is 1.05 bits per heavy atom. The minimum Gasteiger partial charge on any atom is -0.478 e. The van der Waals surface area contributed by atoms with Crippen LogP contribution in [-0.4, -0.2) is 11.1 Å². The summed E-state index contributed by atoms with van der Waals surface area (Å²) in [6, 6.07) is 8.56. The van der Waals surface area contributed by atoms with Crippen molar-refractivity contribution in [2.24, 2.45) is 0 Å². The van der Waals surface area contributed by atoms with Gasteiger partial charge in [-0.15, -0.1) is 0 Å². The van der Waals surface area contributed by atoms with E-state index in [9.17, 15) is 18.0 Å². The van der Waals surface area contributed by atoms with Crippen LogP contribution in [0.4, 0.5) is 18.9 Å². The molecule has 0 fully saturated rings. The Kier molecular flexibility index (Phi) is 3.40. The standard InChI is InChI=1S/C14H10F3NO2/c15-14(16,17)12-4-2-1-3-9(12)11-7-8(18)5-6-10(11)13(19)20/h1-7H,18H2,(H,19,20). The lowest BCUT2D eigenvalue weighted by atomic mass is 9.94. The molecule has 3 nitrogen and oxygen atoms in total. The largest absolute Gasteiger partial charge is 0.478 e. The molecule has 6 heteroatoms. The predicted molar refractivity (Wildman–Crippen MR) is 68.3 cm³/mol. The minimum absolute atomic E-state index is 0.0505. The summed E-state index contributed by atoms with van der Waals surface area (Å²) < 4.78 is 39.0. The highest BCUT2D eigenvalue weighted by molar-refractivity contribution is 5.97. The van der Waals surface area contributed by atoms with Crippen LogP contribution in [0.2, 0.25) is 0 Å². The van der Waals surface area contributed by atoms with Gasteiger partial charge in [0, 0.05) is 5.69 Å². The van der Waals surface area contributed by atoms with Crippen LogP contribution in [0.3, 0.4) is 0 Å². The zero-order valence-electron chi connectivity index (χ0n) is 10.1. The summed E-state index contributed by atoms with van der Waals surface area (Å²) in [5.74, 6) is -1.31. The lowest BCUT2D eigenvalue weighted by Crippen LogP contribution is -2.09. The van der Waals surface area contributed by atoms with Gasteiger partial charge >= 0.3 is 12.1 Å². The van der Waals surface area contributed by atoms with Crippen molar-refractivity contribution in [2.45, 2.75) is 6.18 Å². The molecule has 2 rings (SSSR count). The van der Waals surface area contributed by atoms with E-state index in [1.807, 2.05) is 0 Å². The SMILES string of the molecule is Nc1ccc(C(=O)O)c(-c2ccccc2C(F)(F)F)c1. The number of carbonyl (C=O) groups is 1. The van der Waals surface area contributed by atoms with Gasteiger partial charge in [0.1, 0.15) is 0 Å². The van der Waals surface area contributed by atoms with Crippen LogP contribution in [0.15, 0.2) is 42.5 Å². The molecule has 0 radical (unpaired) electrons. The Hall–Kier alpha value is -2.50. The molecule has 0 aliphatic rings. The van der Waals surface area contributed by atoms with Crippen molar-refractivity contribution in [3.63, 3.8) is 0 Å². The van der Waals surface area contributed by atoms with Gasteiger partial charge in [-0.25, -0.2) is 4.79 Å². The van der Waals surface area contributed by atoms with Crippen molar-refractivity contribution in [3.8, 4) is 11.1 Å². The number of hydrogen-bond acceptors (Lipinski definition) is 2. The molecule has 0 saturated carbocycles. The molecule has 0 saturated heterocycles. The van der Waals surface area contributed by atoms with E-state index in [1.165, 1.54) is 36.4 Å². The average Bonchev–Trinajstić information content (AvgIpc) is 2.37. The van der Waals surface area contributed by atoms with Crippen molar-refractivity contribution in [3.05, 3.63) is 53.6 Å². The van der Waals surface area contributed by atoms with Gasteiger partial charge in [0.25, 0.3) is 0 Å². The number of carboxylic acid groups (broad SMARTS) is 1. The maximum atomic E-state index is 13.0. The quantitative estimate of drug-likeness (QED) is 0.826. The zero-order valence-corrected chi connectivity index (χ0v) is 10.1. The molecule has 3 N–H and O–H groups in total. The lowest BCUT2D eigenvalue weighted by Gasteiger charge is -2.14. The topological polar surface area (TPSA) is 63.3 Å². The smallest absolute Gasteiger partial charge is 0.417 e. The van der Waals surface area contributed by atoms with E-state index in [0.29, 0.717) is 0 Å². The van der Waals surface area contributed by atoms with Gasteiger partial charge in [0.05, 0.1) is 11.1 Å². The summed E-state index contributed by atoms with van der Waals surface area (Å²) >= 11 is 0. The average molecular weight is 281 g/mol. The normalized spacial score (nSPS) is 11.3. The number of benzene rings is 2. The highest BCUT2D eigenvalue weighted by atomic mass is 19.4. The Bertz CT molecular complexity index is 666. The van der Waals surface area contributed by atoms with E-state index in [4.69, 9.17) is 10.8 Å². The number of carboxylic acids is 1. The van der Waals surface area contributed by atoms with Crippen molar-refractivity contribution in [1.29, 1.82) is 0 Å². The van der Waals surface area contributed by atoms with E-state index in [1.54, 1.807) is 0 Å². The number of rotatable bonds is 2. The van der Waals surface area contributed by atoms with Gasteiger partial charge < -0.3 is 10.8 Å². The second-order valence-corrected chi connectivity index (χ2v) is 4.15. The van der Waals surface area contributed by atoms with Crippen molar-refractivity contribution in [1.82, 2.24) is 0 Å². The maximum absolute atomic E-state index is 13.0. The van der Waals surface area contributed by atoms with Crippen LogP contribution in [-0.2, 0) is 6.18 Å². The van der Waals surface area contributed by atoms with Crippen molar-refractivity contribution < 1.29 is 23.1 Å². The van der Waals surface area contributed by atoms with Gasteiger partial charge in [0.15, 0.2) is 0 Å². The molecule has 0 aliphatic heterocycles. The van der Waals surface area contributed by atoms with Gasteiger partial charge in [0.2, 0.25) is 0 Å². The van der Waals surface area contributed by atoms with Gasteiger partial charge in [-0.05, 0) is 35.4 Å². The first-order valence-electron chi connectivity index (χ1n) is 5.60. The number of hydrogen-bond donors (Lipinski definition) is 2. The summed E-state index contributed by atoms with van der Waals surface area (Å²) in [7, 11) is 0. The molecule has 0 aromatic heterocycles. The van der Waals surface area contributed by atoms with Gasteiger partial charge in [-0.2, -0.15) is 13.2 Å². The second kappa shape index (κ2) is 4.88. The summed E-state index contributed by atoms with van der Waals surface area (Å²) in [6.07, 6.45) is -4.57. The molecule has 20 heavy (non-hydrogen) atoms. The van der Waals surface area contributed by atoms with Crippen LogP contribution < -0.4 is 5.73 Å². The fourth-order valence-electron chi connectivity index (χ4n) is 1.94. The number of nitrogens with two attached hydrogens (primary N) is 1. The zero-order chi connectivity index (χ0) is 14.9. The first-order chi connectivity index (χ1) is 9.30. The number of anilines is 1. The van der Waals surface area contributed by atoms with Crippen LogP contribution in [0.5, 0.6) is 0 Å². The van der Waals surface area contributed by atoms with E-state index in [0.717, 1.165) is 6.07 Å². The summed E-state index contributed by atoms with van der Waals surface area (Å²) in [6.45, 7) is 0. The first-order valence-corrected chi connectivity index (χ1v) is 5.60. The molecule has 0 atom stereocenters. The summed E-state index contributed by atoms with van der Waals surface area (Å²) in [4.78, 5) is 11.1. The Morgan fingerprint density at radius 2 is 1.70 bits per heavy atom. The van der Waals surface area contributed by atoms with Crippen LogP contribution >= 0.6 is 0 Å². The van der Waals surface area contributed by atoms with Crippen LogP contribution in [0.25, 0.3) is 11.1 Å². The van der Waals surface area contributed by atoms with Crippen LogP contribution in [0.1, 0.15) is 15.9 Å². The third kappa shape index (κ3) is 2.59. The molecule has 104 valence electrons. The molecule has 2 aromatic carbocycles. The Labute approximate surface area is 112 Å². The third-order valence-electron chi connectivity index (χ3n) is 2.80. The number of halogens is 3. The van der Waals surface area contributed by atoms with E-state index in [2.05, 4.69) is 0 Å². The molecule has 0 amide bonds. The van der Waals surface area contributed by atoms with E-state index < -0.39 is 17.7 Å². The minimum atomic E-state index is -4.57. The highest BCUT2D eigenvalue weighted by Gasteiger charge is 2.34. The molecule has 0 aliphatic carbocycles. The first kappa shape index (κ1) is 13.9. The Morgan fingerprint density at radius 3 is 2.30 bits per heavy atom. The molecule has 2 aromatic rings. The molecule has 0 spiro atoms. The molecular formula is C14H10F3NO2. The lowest BCUT2D eigenvalue weighted by molar-refractivity contribution is -0.137. The molecule has 0 bridgehead atoms. The number of nitrogen functional groups attached to an aromatic ring is 1. The molecule has 0 heterocycles. The molecular weight excluding hydrogens is 271 g/mol. The predicted octanol–water partition coefficient (Wildman–Crippen LogP) is 3.65. The number of aromatic carboxylic acids is 1. The monoisotopic (exact) mass is 281 g/mol. The Balaban J connectivity index is 2.75. The third-order valence-corrected chi connectivity index (χ3v) is 2.80. The van der Waals surface area contributed by atoms with Gasteiger partial charge in [-0.3, -0.25) is 0 Å². The van der Waals surface area contributed by atoms with E-state index >= 15 is 0 Å². The summed E-state index contributed by atoms with van der Waals surface area (Å²) in [5.41, 5.74) is 4.37. The fourth-order valence-corrected chi connectivity index (χ4v) is 1.94. The van der Waals surface area contributed by atoms with E-state index in [-0.39, 0.29) is 22.4 Å². The van der Waals surface area contributed by atoms with Crippen molar-refractivity contribution >= 4 is 11.7 Å². The van der Waals surface area contributed by atoms with Crippen molar-refractivity contribution in [2.75, 3.05) is 5.73 Å². The van der Waals surface area contributed by atoms with Crippen LogP contribution in [0, 0.1) is 0 Å². The highest BCUT2D eigenvalue weighted by Crippen LogP contribution is 2.38. The summed E-state index contributed by atoms with van der Waals surface area (Å²) in [5, 5.41) is 9.09. The molecule has 0 unspecified atom stereocenters.